The van der Waals surface area contributed by atoms with Gasteiger partial charge in [0, 0.05) is 6.04 Å². The van der Waals surface area contributed by atoms with Crippen LogP contribution in [0.1, 0.15) is 63.1 Å². The summed E-state index contributed by atoms with van der Waals surface area (Å²) < 4.78 is 0. The first-order valence-electron chi connectivity index (χ1n) is 10.3. The Kier molecular flexibility index (Phi) is 9.25. The van der Waals surface area contributed by atoms with Gasteiger partial charge in [0.05, 0.1) is 11.6 Å². The van der Waals surface area contributed by atoms with Crippen LogP contribution in [0.15, 0.2) is 72.8 Å². The normalized spacial score (nSPS) is 14.6. The number of nitrogens with zero attached hydrogens (tertiary/aromatic N) is 1. The maximum absolute atomic E-state index is 8.29. The predicted molar refractivity (Wildman–Crippen MR) is 120 cm³/mol. The fourth-order valence-electron chi connectivity index (χ4n) is 3.47. The van der Waals surface area contributed by atoms with Gasteiger partial charge in [-0.2, -0.15) is 5.26 Å². The van der Waals surface area contributed by atoms with Gasteiger partial charge in [0.2, 0.25) is 0 Å². The average Bonchev–Trinajstić information content (AvgIpc) is 2.75. The highest BCUT2D eigenvalue weighted by atomic mass is 14.6. The van der Waals surface area contributed by atoms with E-state index in [1.165, 1.54) is 48.4 Å². The summed E-state index contributed by atoms with van der Waals surface area (Å²) >= 11 is 0. The quantitative estimate of drug-likeness (QED) is 0.499. The molecule has 1 atom stereocenters. The third kappa shape index (κ3) is 7.18. The first kappa shape index (κ1) is 21.7. The first-order chi connectivity index (χ1) is 13.6. The highest BCUT2D eigenvalue weighted by Gasteiger charge is 2.06. The zero-order valence-corrected chi connectivity index (χ0v) is 17.1. The monoisotopic (exact) mass is 372 g/mol. The molecule has 0 aromatic heterocycles. The number of fused-ring (bicyclic) bond motifs is 1. The fraction of sp³-hybridized carbons (Fsp3) is 0.346. The molecule has 0 amide bonds. The Bertz CT molecular complexity index is 851. The molecular formula is C26H32N2. The van der Waals surface area contributed by atoms with Crippen LogP contribution in [0.3, 0.4) is 0 Å². The van der Waals surface area contributed by atoms with Gasteiger partial charge in [-0.15, -0.1) is 0 Å². The van der Waals surface area contributed by atoms with Crippen molar-refractivity contribution >= 4 is 10.8 Å². The van der Waals surface area contributed by atoms with E-state index >= 15 is 0 Å². The molecule has 0 saturated heterocycles. The van der Waals surface area contributed by atoms with E-state index in [0.29, 0.717) is 5.56 Å². The van der Waals surface area contributed by atoms with E-state index in [2.05, 4.69) is 37.3 Å². The summed E-state index contributed by atoms with van der Waals surface area (Å²) in [5.74, 6) is 1.04. The minimum atomic E-state index is 0.103. The van der Waals surface area contributed by atoms with E-state index in [-0.39, 0.29) is 6.04 Å². The van der Waals surface area contributed by atoms with E-state index < -0.39 is 0 Å². The van der Waals surface area contributed by atoms with E-state index in [0.717, 1.165) is 5.92 Å². The largest absolute Gasteiger partial charge is 0.324 e. The fourth-order valence-corrected chi connectivity index (χ4v) is 3.47. The van der Waals surface area contributed by atoms with Crippen molar-refractivity contribution in [3.8, 4) is 6.07 Å². The van der Waals surface area contributed by atoms with Crippen molar-refractivity contribution in [3.63, 3.8) is 0 Å². The summed E-state index contributed by atoms with van der Waals surface area (Å²) in [5, 5.41) is 10.8. The molecule has 0 aliphatic heterocycles. The maximum Gasteiger partial charge on any atom is 0.0991 e. The number of nitriles is 1. The van der Waals surface area contributed by atoms with Gasteiger partial charge in [0.1, 0.15) is 0 Å². The van der Waals surface area contributed by atoms with Crippen LogP contribution < -0.4 is 5.73 Å². The molecule has 1 saturated carbocycles. The molecule has 1 fully saturated rings. The van der Waals surface area contributed by atoms with Crippen molar-refractivity contribution in [2.75, 3.05) is 0 Å². The molecule has 3 aromatic carbocycles. The molecule has 0 radical (unpaired) electrons. The van der Waals surface area contributed by atoms with Gasteiger partial charge in [-0.1, -0.05) is 99.7 Å². The molecule has 2 nitrogen and oxygen atoms in total. The molecule has 2 N–H and O–H groups in total. The second-order valence-electron chi connectivity index (χ2n) is 7.58. The second-order valence-corrected chi connectivity index (χ2v) is 7.58. The summed E-state index contributed by atoms with van der Waals surface area (Å²) in [7, 11) is 0. The number of nitrogens with two attached hydrogens (primary N) is 1. The van der Waals surface area contributed by atoms with Crippen molar-refractivity contribution in [1.29, 1.82) is 5.26 Å². The van der Waals surface area contributed by atoms with Crippen LogP contribution in [0.2, 0.25) is 0 Å². The van der Waals surface area contributed by atoms with Gasteiger partial charge in [0.25, 0.3) is 0 Å². The van der Waals surface area contributed by atoms with Gasteiger partial charge in [-0.3, -0.25) is 0 Å². The molecule has 1 aliphatic carbocycles. The molecule has 0 heterocycles. The molecule has 146 valence electrons. The minimum absolute atomic E-state index is 0.103. The van der Waals surface area contributed by atoms with Crippen LogP contribution in [0.4, 0.5) is 0 Å². The van der Waals surface area contributed by atoms with Crippen LogP contribution in [0.25, 0.3) is 10.8 Å². The Balaban J connectivity index is 0.000000161. The molecule has 2 heteroatoms. The maximum atomic E-state index is 8.29. The van der Waals surface area contributed by atoms with E-state index in [9.17, 15) is 0 Å². The highest BCUT2D eigenvalue weighted by Crippen LogP contribution is 2.23. The molecule has 0 bridgehead atoms. The van der Waals surface area contributed by atoms with Crippen molar-refractivity contribution in [2.45, 2.75) is 52.0 Å². The lowest BCUT2D eigenvalue weighted by Crippen LogP contribution is -2.05. The first-order valence-corrected chi connectivity index (χ1v) is 10.3. The van der Waals surface area contributed by atoms with Gasteiger partial charge in [-0.05, 0) is 41.3 Å². The third-order valence-electron chi connectivity index (χ3n) is 5.11. The highest BCUT2D eigenvalue weighted by molar-refractivity contribution is 5.86. The van der Waals surface area contributed by atoms with Crippen LogP contribution in [0.5, 0.6) is 0 Å². The average molecular weight is 373 g/mol. The second kappa shape index (κ2) is 12.0. The van der Waals surface area contributed by atoms with E-state index in [4.69, 9.17) is 11.0 Å². The van der Waals surface area contributed by atoms with Crippen LogP contribution in [0, 0.1) is 17.2 Å². The Morgan fingerprint density at radius 3 is 2.00 bits per heavy atom. The molecule has 3 aromatic rings. The van der Waals surface area contributed by atoms with Crippen molar-refractivity contribution in [2.24, 2.45) is 11.7 Å². The number of hydrogen-bond donors (Lipinski definition) is 1. The van der Waals surface area contributed by atoms with Gasteiger partial charge < -0.3 is 5.73 Å². The summed E-state index contributed by atoms with van der Waals surface area (Å²) in [5.41, 5.74) is 7.82. The lowest BCUT2D eigenvalue weighted by molar-refractivity contribution is 0.385. The molecular weight excluding hydrogens is 340 g/mol. The van der Waals surface area contributed by atoms with Gasteiger partial charge >= 0.3 is 0 Å². The number of rotatable bonds is 1. The Hall–Kier alpha value is -2.63. The van der Waals surface area contributed by atoms with Crippen molar-refractivity contribution in [3.05, 3.63) is 83.9 Å². The van der Waals surface area contributed by atoms with Crippen molar-refractivity contribution < 1.29 is 0 Å². The Morgan fingerprint density at radius 1 is 0.857 bits per heavy atom. The smallest absolute Gasteiger partial charge is 0.0991 e. The molecule has 0 unspecified atom stereocenters. The van der Waals surface area contributed by atoms with E-state index in [1.54, 1.807) is 12.1 Å². The zero-order valence-electron chi connectivity index (χ0n) is 17.1. The van der Waals surface area contributed by atoms with Crippen LogP contribution in [-0.2, 0) is 0 Å². The summed E-state index contributed by atoms with van der Waals surface area (Å²) in [6, 6.07) is 25.9. The minimum Gasteiger partial charge on any atom is -0.324 e. The molecule has 0 spiro atoms. The Labute approximate surface area is 170 Å². The topological polar surface area (TPSA) is 49.8 Å². The Morgan fingerprint density at radius 2 is 1.46 bits per heavy atom. The molecule has 28 heavy (non-hydrogen) atoms. The number of benzene rings is 3. The van der Waals surface area contributed by atoms with Gasteiger partial charge in [0.15, 0.2) is 0 Å². The standard InChI is InChI=1S/C12H13N.C7H5N.C7H14/c1-9(13)11-8-4-6-10-5-2-3-7-12(10)11;8-6-7-4-2-1-3-5-7;1-7-5-3-2-4-6-7/h2-9H,13H2,1H3;1-5H;7H,2-6H2,1H3/t9-;;/m1../s1. The van der Waals surface area contributed by atoms with Gasteiger partial charge in [-0.25, -0.2) is 0 Å². The molecule has 4 rings (SSSR count). The van der Waals surface area contributed by atoms with Crippen molar-refractivity contribution in [1.82, 2.24) is 0 Å². The SMILES string of the molecule is CC1CCCCC1.C[C@@H](N)c1cccc2ccccc12.N#Cc1ccccc1. The lowest BCUT2D eigenvalue weighted by atomic mass is 9.91. The zero-order chi connectivity index (χ0) is 20.2. The van der Waals surface area contributed by atoms with E-state index in [1.807, 2.05) is 43.3 Å². The lowest BCUT2D eigenvalue weighted by Gasteiger charge is -2.15. The summed E-state index contributed by atoms with van der Waals surface area (Å²) in [4.78, 5) is 0. The third-order valence-corrected chi connectivity index (χ3v) is 5.11. The van der Waals surface area contributed by atoms with Crippen LogP contribution >= 0.6 is 0 Å². The summed E-state index contributed by atoms with van der Waals surface area (Å²) in [6.45, 7) is 4.38. The van der Waals surface area contributed by atoms with Crippen LogP contribution in [-0.4, -0.2) is 0 Å². The number of hydrogen-bond acceptors (Lipinski definition) is 2. The summed E-state index contributed by atoms with van der Waals surface area (Å²) in [6.07, 6.45) is 7.44. The predicted octanol–water partition coefficient (Wildman–Crippen LogP) is 7.00. The molecule has 1 aliphatic rings.